The average Bonchev–Trinajstić information content (AvgIpc) is 3.16. The largest absolute Gasteiger partial charge is 0.480 e. The van der Waals surface area contributed by atoms with Crippen LogP contribution in [-0.4, -0.2) is 69.8 Å². The Kier molecular flexibility index (Phi) is 7.81. The zero-order valence-corrected chi connectivity index (χ0v) is 23.4. The van der Waals surface area contributed by atoms with E-state index in [4.69, 9.17) is 0 Å². The van der Waals surface area contributed by atoms with Crippen LogP contribution in [-0.2, 0) is 11.2 Å². The number of carbonyl (C=O) groups excluding carboxylic acids is 2. The molecule has 9 nitrogen and oxygen atoms in total. The van der Waals surface area contributed by atoms with Crippen molar-refractivity contribution in [2.45, 2.75) is 18.8 Å². The van der Waals surface area contributed by atoms with Crippen LogP contribution in [0.15, 0.2) is 97.1 Å². The molecule has 6 rings (SSSR count). The minimum Gasteiger partial charge on any atom is -0.480 e. The van der Waals surface area contributed by atoms with Gasteiger partial charge in [0.2, 0.25) is 0 Å². The first-order valence-corrected chi connectivity index (χ1v) is 14.0. The summed E-state index contributed by atoms with van der Waals surface area (Å²) in [5, 5.41) is 21.9. The van der Waals surface area contributed by atoms with Gasteiger partial charge in [-0.2, -0.15) is 0 Å². The number of Topliss-reactive ketones (excluding diaryl/α,β-unsaturated/α-hetero) is 1. The molecular formula is C33H28F2N4O5. The highest BCUT2D eigenvalue weighted by Gasteiger charge is 2.42. The van der Waals surface area contributed by atoms with Crippen LogP contribution in [0.5, 0.6) is 0 Å². The van der Waals surface area contributed by atoms with Crippen LogP contribution in [0.3, 0.4) is 0 Å². The Hall–Kier alpha value is -5.13. The molecule has 1 saturated heterocycles. The summed E-state index contributed by atoms with van der Waals surface area (Å²) in [6, 6.07) is 22.7. The number of halogens is 2. The van der Waals surface area contributed by atoms with E-state index in [9.17, 15) is 33.4 Å². The number of aliphatic hydroxyl groups excluding tert-OH is 1. The summed E-state index contributed by atoms with van der Waals surface area (Å²) < 4.78 is 30.0. The van der Waals surface area contributed by atoms with E-state index in [1.807, 2.05) is 0 Å². The number of aliphatic hydroxyl groups is 1. The second-order valence-corrected chi connectivity index (χ2v) is 10.5. The molecule has 2 amide bonds. The first kappa shape index (κ1) is 29.0. The van der Waals surface area contributed by atoms with E-state index in [1.54, 1.807) is 48.5 Å². The molecule has 2 heterocycles. The summed E-state index contributed by atoms with van der Waals surface area (Å²) in [6.45, 7) is -0.506. The van der Waals surface area contributed by atoms with Crippen LogP contribution < -0.4 is 9.80 Å². The SMILES string of the molecule is O=C1Cc2ccccc2N(C(=O)N2CCN(C(O)N(c3ccccc3F)c3ccccc3F)C[C@H]2C(=O)O)c2ccccc21. The quantitative estimate of drug-likeness (QED) is 0.307. The Morgan fingerprint density at radius 2 is 1.36 bits per heavy atom. The first-order valence-electron chi connectivity index (χ1n) is 14.0. The monoisotopic (exact) mass is 598 g/mol. The highest BCUT2D eigenvalue weighted by molar-refractivity contribution is 6.12. The molecular weight excluding hydrogens is 570 g/mol. The highest BCUT2D eigenvalue weighted by atomic mass is 19.1. The number of rotatable bonds is 5. The van der Waals surface area contributed by atoms with Gasteiger partial charge < -0.3 is 15.1 Å². The molecule has 0 aromatic heterocycles. The van der Waals surface area contributed by atoms with E-state index in [0.717, 1.165) is 4.90 Å². The Bertz CT molecular complexity index is 1710. The van der Waals surface area contributed by atoms with Gasteiger partial charge in [0, 0.05) is 31.6 Å². The lowest BCUT2D eigenvalue weighted by Crippen LogP contribution is -2.64. The summed E-state index contributed by atoms with van der Waals surface area (Å²) >= 11 is 0. The number of carboxylic acid groups (broad SMARTS) is 1. The van der Waals surface area contributed by atoms with Crippen molar-refractivity contribution in [3.05, 3.63) is 120 Å². The van der Waals surface area contributed by atoms with Gasteiger partial charge in [0.25, 0.3) is 0 Å². The second kappa shape index (κ2) is 11.9. The molecule has 44 heavy (non-hydrogen) atoms. The lowest BCUT2D eigenvalue weighted by atomic mass is 10.0. The first-order chi connectivity index (χ1) is 21.3. The molecule has 2 aliphatic rings. The fraction of sp³-hybridized carbons (Fsp3) is 0.182. The van der Waals surface area contributed by atoms with Gasteiger partial charge in [-0.15, -0.1) is 0 Å². The number of carboxylic acids is 1. The van der Waals surface area contributed by atoms with Gasteiger partial charge in [0.05, 0.1) is 22.7 Å². The summed E-state index contributed by atoms with van der Waals surface area (Å²) in [4.78, 5) is 45.0. The maximum absolute atomic E-state index is 15.0. The number of nitrogens with zero attached hydrogens (tertiary/aromatic N) is 4. The highest BCUT2D eigenvalue weighted by Crippen LogP contribution is 2.38. The molecule has 2 N–H and O–H groups in total. The molecule has 4 aromatic carbocycles. The predicted octanol–water partition coefficient (Wildman–Crippen LogP) is 5.15. The van der Waals surface area contributed by atoms with Gasteiger partial charge >= 0.3 is 12.0 Å². The van der Waals surface area contributed by atoms with E-state index in [0.29, 0.717) is 22.5 Å². The molecule has 4 aromatic rings. The number of carbonyl (C=O) groups is 3. The zero-order valence-electron chi connectivity index (χ0n) is 23.4. The number of para-hydroxylation sites is 4. The maximum Gasteiger partial charge on any atom is 0.329 e. The summed E-state index contributed by atoms with van der Waals surface area (Å²) in [5.74, 6) is -2.93. The number of hydrogen-bond donors (Lipinski definition) is 2. The summed E-state index contributed by atoms with van der Waals surface area (Å²) in [5.41, 5.74) is 1.53. The van der Waals surface area contributed by atoms with Gasteiger partial charge in [-0.25, -0.2) is 18.4 Å². The number of aliphatic carboxylic acids is 1. The number of hydrogen-bond acceptors (Lipinski definition) is 6. The second-order valence-electron chi connectivity index (χ2n) is 10.5. The van der Waals surface area contributed by atoms with E-state index < -0.39 is 36.0 Å². The van der Waals surface area contributed by atoms with Gasteiger partial charge in [-0.1, -0.05) is 54.6 Å². The predicted molar refractivity (Wildman–Crippen MR) is 159 cm³/mol. The van der Waals surface area contributed by atoms with Crippen molar-refractivity contribution in [3.8, 4) is 0 Å². The van der Waals surface area contributed by atoms with Gasteiger partial charge in [-0.05, 0) is 48.0 Å². The fourth-order valence-electron chi connectivity index (χ4n) is 5.81. The number of amides is 2. The zero-order chi connectivity index (χ0) is 31.0. The number of urea groups is 1. The molecule has 1 fully saturated rings. The smallest absolute Gasteiger partial charge is 0.329 e. The Balaban J connectivity index is 1.35. The summed E-state index contributed by atoms with van der Waals surface area (Å²) in [7, 11) is 0. The van der Waals surface area contributed by atoms with E-state index in [2.05, 4.69) is 0 Å². The van der Waals surface area contributed by atoms with Crippen LogP contribution >= 0.6 is 0 Å². The number of fused-ring (bicyclic) bond motifs is 2. The van der Waals surface area contributed by atoms with Crippen molar-refractivity contribution in [1.82, 2.24) is 9.80 Å². The summed E-state index contributed by atoms with van der Waals surface area (Å²) in [6.07, 6.45) is -1.61. The van der Waals surface area contributed by atoms with Crippen molar-refractivity contribution < 1.29 is 33.4 Å². The Morgan fingerprint density at radius 3 is 2.00 bits per heavy atom. The molecule has 2 atom stereocenters. The standard InChI is InChI=1S/C33H28F2N4O5/c34-23-11-3-7-15-27(23)39(28-16-8-4-12-24(28)35)32(43)36-17-18-37(29(20-36)31(41)42)33(44)38-25-13-5-1-9-21(25)19-30(40)22-10-2-6-14-26(22)38/h1-16,29,32,43H,17-20H2,(H,41,42)/t29-,32?/m0/s1. The van der Waals surface area contributed by atoms with E-state index in [1.165, 1.54) is 63.2 Å². The normalized spacial score (nSPS) is 17.3. The molecule has 11 heteroatoms. The van der Waals surface area contributed by atoms with E-state index >= 15 is 0 Å². The van der Waals surface area contributed by atoms with Crippen LogP contribution in [0.1, 0.15) is 15.9 Å². The minimum absolute atomic E-state index is 0.0217. The molecule has 224 valence electrons. The number of ketones is 1. The Labute approximate surface area is 251 Å². The van der Waals surface area contributed by atoms with Crippen molar-refractivity contribution in [3.63, 3.8) is 0 Å². The maximum atomic E-state index is 15.0. The lowest BCUT2D eigenvalue weighted by Gasteiger charge is -2.45. The van der Waals surface area contributed by atoms with Gasteiger partial charge in [-0.3, -0.25) is 19.5 Å². The third kappa shape index (κ3) is 5.16. The molecule has 0 radical (unpaired) electrons. The van der Waals surface area contributed by atoms with Crippen molar-refractivity contribution in [1.29, 1.82) is 0 Å². The van der Waals surface area contributed by atoms with Gasteiger partial charge in [0.15, 0.2) is 12.1 Å². The van der Waals surface area contributed by atoms with Crippen LogP contribution in [0.25, 0.3) is 0 Å². The fourth-order valence-corrected chi connectivity index (χ4v) is 5.81. The molecule has 0 bridgehead atoms. The van der Waals surface area contributed by atoms with Gasteiger partial charge in [0.1, 0.15) is 17.7 Å². The topological polar surface area (TPSA) is 105 Å². The molecule has 1 unspecified atom stereocenters. The molecule has 0 spiro atoms. The van der Waals surface area contributed by atoms with Crippen molar-refractivity contribution >= 4 is 40.5 Å². The van der Waals surface area contributed by atoms with Crippen LogP contribution in [0, 0.1) is 11.6 Å². The van der Waals surface area contributed by atoms with Crippen LogP contribution in [0.2, 0.25) is 0 Å². The third-order valence-corrected chi connectivity index (χ3v) is 7.94. The number of anilines is 4. The third-order valence-electron chi connectivity index (χ3n) is 7.94. The Morgan fingerprint density at radius 1 is 0.795 bits per heavy atom. The van der Waals surface area contributed by atoms with E-state index in [-0.39, 0.29) is 43.2 Å². The van der Waals surface area contributed by atoms with Crippen molar-refractivity contribution in [2.75, 3.05) is 29.4 Å². The molecule has 0 saturated carbocycles. The lowest BCUT2D eigenvalue weighted by molar-refractivity contribution is -0.146. The van der Waals surface area contributed by atoms with Crippen LogP contribution in [0.4, 0.5) is 36.3 Å². The number of benzene rings is 4. The minimum atomic E-state index is -1.68. The molecule has 0 aliphatic carbocycles. The average molecular weight is 599 g/mol. The number of piperazine rings is 1. The molecule has 2 aliphatic heterocycles. The van der Waals surface area contributed by atoms with Crippen molar-refractivity contribution in [2.24, 2.45) is 0 Å².